The largest absolute Gasteiger partial charge is 0.399 e. The number of benzene rings is 1. The van der Waals surface area contributed by atoms with Crippen molar-refractivity contribution in [1.29, 1.82) is 0 Å². The topological polar surface area (TPSA) is 41.3 Å². The van der Waals surface area contributed by atoms with Crippen molar-refractivity contribution < 1.29 is 0 Å². The molecule has 0 aliphatic heterocycles. The van der Waals surface area contributed by atoms with Gasteiger partial charge in [-0.3, -0.25) is 0 Å². The average molecular weight is 219 g/mol. The third-order valence-corrected chi connectivity index (χ3v) is 2.48. The number of aryl methyl sites for hydroxylation is 1. The van der Waals surface area contributed by atoms with Crippen LogP contribution in [0.1, 0.15) is 18.9 Å². The Bertz CT molecular complexity index is 347. The molecule has 0 heterocycles. The van der Waals surface area contributed by atoms with Crippen molar-refractivity contribution in [3.8, 4) is 0 Å². The van der Waals surface area contributed by atoms with E-state index in [0.717, 1.165) is 25.2 Å². The predicted octanol–water partition coefficient (Wildman–Crippen LogP) is 2.35. The monoisotopic (exact) mass is 219 g/mol. The second-order valence-electron chi connectivity index (χ2n) is 3.80. The Morgan fingerprint density at radius 3 is 2.81 bits per heavy atom. The summed E-state index contributed by atoms with van der Waals surface area (Å²) in [4.78, 5) is 2.09. The lowest BCUT2D eigenvalue weighted by atomic mass is 10.1. The van der Waals surface area contributed by atoms with Gasteiger partial charge in [-0.25, -0.2) is 0 Å². The van der Waals surface area contributed by atoms with E-state index in [2.05, 4.69) is 29.8 Å². The highest BCUT2D eigenvalue weighted by Crippen LogP contribution is 2.24. The third kappa shape index (κ3) is 3.00. The molecule has 1 rings (SSSR count). The Kier molecular flexibility index (Phi) is 4.86. The van der Waals surface area contributed by atoms with Gasteiger partial charge in [-0.05, 0) is 43.4 Å². The summed E-state index contributed by atoms with van der Waals surface area (Å²) < 4.78 is 0. The lowest BCUT2D eigenvalue weighted by Gasteiger charge is -2.23. The van der Waals surface area contributed by atoms with Crippen molar-refractivity contribution >= 4 is 11.4 Å². The minimum atomic E-state index is 0.754. The maximum Gasteiger partial charge on any atom is 0.0723 e. The fourth-order valence-corrected chi connectivity index (χ4v) is 1.77. The van der Waals surface area contributed by atoms with Crippen LogP contribution < -0.4 is 16.0 Å². The van der Waals surface area contributed by atoms with E-state index < -0.39 is 0 Å². The molecule has 3 N–H and O–H groups in total. The fraction of sp³-hybridized carbons (Fsp3) is 0.385. The van der Waals surface area contributed by atoms with Crippen LogP contribution in [-0.4, -0.2) is 13.7 Å². The van der Waals surface area contributed by atoms with Crippen molar-refractivity contribution in [3.05, 3.63) is 36.5 Å². The molecule has 1 aromatic rings. The highest BCUT2D eigenvalue weighted by Gasteiger charge is 2.07. The van der Waals surface area contributed by atoms with Gasteiger partial charge in [0.25, 0.3) is 0 Å². The molecule has 0 radical (unpaired) electrons. The van der Waals surface area contributed by atoms with Gasteiger partial charge >= 0.3 is 0 Å². The summed E-state index contributed by atoms with van der Waals surface area (Å²) in [6.07, 6.45) is 3.98. The van der Waals surface area contributed by atoms with Gasteiger partial charge in [0.15, 0.2) is 0 Å². The van der Waals surface area contributed by atoms with E-state index in [1.54, 1.807) is 0 Å². The Balaban J connectivity index is 3.04. The Morgan fingerprint density at radius 1 is 1.50 bits per heavy atom. The van der Waals surface area contributed by atoms with Gasteiger partial charge < -0.3 is 16.0 Å². The Hall–Kier alpha value is -1.48. The standard InChI is InChI=1S/C13H21N3/c1-4-6-11-9-12(14)7-8-13(11)16(5-2)10-15-3/h5,7-9,15H,2,4,6,10,14H2,1,3H3. The van der Waals surface area contributed by atoms with E-state index in [4.69, 9.17) is 5.73 Å². The molecule has 0 amide bonds. The highest BCUT2D eigenvalue weighted by molar-refractivity contribution is 5.61. The number of nitrogen functional groups attached to an aromatic ring is 1. The van der Waals surface area contributed by atoms with Crippen LogP contribution in [0.3, 0.4) is 0 Å². The summed E-state index contributed by atoms with van der Waals surface area (Å²) >= 11 is 0. The molecular weight excluding hydrogens is 198 g/mol. The molecule has 0 spiro atoms. The molecule has 3 nitrogen and oxygen atoms in total. The summed E-state index contributed by atoms with van der Waals surface area (Å²) in [5.74, 6) is 0. The van der Waals surface area contributed by atoms with Gasteiger partial charge in [0.1, 0.15) is 0 Å². The minimum Gasteiger partial charge on any atom is -0.399 e. The summed E-state index contributed by atoms with van der Waals surface area (Å²) in [6.45, 7) is 6.76. The summed E-state index contributed by atoms with van der Waals surface area (Å²) in [7, 11) is 1.92. The molecule has 0 aromatic heterocycles. The molecule has 1 aromatic carbocycles. The van der Waals surface area contributed by atoms with Crippen LogP contribution in [0.4, 0.5) is 11.4 Å². The summed E-state index contributed by atoms with van der Waals surface area (Å²) in [5, 5.41) is 3.12. The third-order valence-electron chi connectivity index (χ3n) is 2.48. The second kappa shape index (κ2) is 6.18. The Morgan fingerprint density at radius 2 is 2.25 bits per heavy atom. The Labute approximate surface area is 97.9 Å². The number of hydrogen-bond donors (Lipinski definition) is 2. The van der Waals surface area contributed by atoms with Gasteiger partial charge in [-0.2, -0.15) is 0 Å². The first-order valence-corrected chi connectivity index (χ1v) is 5.65. The molecule has 0 bridgehead atoms. The van der Waals surface area contributed by atoms with E-state index >= 15 is 0 Å². The van der Waals surface area contributed by atoms with E-state index in [1.165, 1.54) is 11.3 Å². The maximum absolute atomic E-state index is 5.81. The lowest BCUT2D eigenvalue weighted by molar-refractivity contribution is 0.791. The summed E-state index contributed by atoms with van der Waals surface area (Å²) in [5.41, 5.74) is 9.09. The molecule has 0 saturated carbocycles. The molecule has 0 unspecified atom stereocenters. The highest BCUT2D eigenvalue weighted by atomic mass is 15.2. The van der Waals surface area contributed by atoms with Gasteiger partial charge in [-0.1, -0.05) is 19.9 Å². The molecular formula is C13H21N3. The SMILES string of the molecule is C=CN(CNC)c1ccc(N)cc1CCC. The zero-order chi connectivity index (χ0) is 12.0. The van der Waals surface area contributed by atoms with Crippen LogP contribution >= 0.6 is 0 Å². The van der Waals surface area contributed by atoms with E-state index in [1.807, 2.05) is 25.4 Å². The first kappa shape index (κ1) is 12.6. The average Bonchev–Trinajstić information content (AvgIpc) is 2.27. The predicted molar refractivity (Wildman–Crippen MR) is 71.5 cm³/mol. The quantitative estimate of drug-likeness (QED) is 0.570. The number of hydrogen-bond acceptors (Lipinski definition) is 3. The molecule has 0 saturated heterocycles. The number of rotatable bonds is 6. The number of nitrogens with one attached hydrogen (secondary N) is 1. The molecule has 0 aliphatic carbocycles. The molecule has 0 aliphatic rings. The molecule has 0 fully saturated rings. The second-order valence-corrected chi connectivity index (χ2v) is 3.80. The van der Waals surface area contributed by atoms with Crippen LogP contribution in [0.15, 0.2) is 31.0 Å². The van der Waals surface area contributed by atoms with Gasteiger partial charge in [-0.15, -0.1) is 0 Å². The van der Waals surface area contributed by atoms with E-state index in [0.29, 0.717) is 0 Å². The van der Waals surface area contributed by atoms with Gasteiger partial charge in [0.2, 0.25) is 0 Å². The van der Waals surface area contributed by atoms with Crippen LogP contribution in [0, 0.1) is 0 Å². The molecule has 16 heavy (non-hydrogen) atoms. The minimum absolute atomic E-state index is 0.754. The zero-order valence-corrected chi connectivity index (χ0v) is 10.2. The normalized spacial score (nSPS) is 10.1. The van der Waals surface area contributed by atoms with Crippen molar-refractivity contribution in [2.45, 2.75) is 19.8 Å². The smallest absolute Gasteiger partial charge is 0.0723 e. The molecule has 0 atom stereocenters. The number of anilines is 2. The molecule has 3 heteroatoms. The molecule has 88 valence electrons. The van der Waals surface area contributed by atoms with Crippen molar-refractivity contribution in [2.75, 3.05) is 24.3 Å². The van der Waals surface area contributed by atoms with Crippen molar-refractivity contribution in [1.82, 2.24) is 5.32 Å². The first-order chi connectivity index (χ1) is 7.72. The number of nitrogens with two attached hydrogens (primary N) is 1. The lowest BCUT2D eigenvalue weighted by Crippen LogP contribution is -2.28. The fourth-order valence-electron chi connectivity index (χ4n) is 1.77. The van der Waals surface area contributed by atoms with E-state index in [-0.39, 0.29) is 0 Å². The maximum atomic E-state index is 5.81. The van der Waals surface area contributed by atoms with Crippen LogP contribution in [0.25, 0.3) is 0 Å². The van der Waals surface area contributed by atoms with Crippen molar-refractivity contribution in [2.24, 2.45) is 0 Å². The van der Waals surface area contributed by atoms with Gasteiger partial charge in [0, 0.05) is 11.4 Å². The van der Waals surface area contributed by atoms with Crippen molar-refractivity contribution in [3.63, 3.8) is 0 Å². The summed E-state index contributed by atoms with van der Waals surface area (Å²) in [6, 6.07) is 6.03. The van der Waals surface area contributed by atoms with Gasteiger partial charge in [0.05, 0.1) is 6.67 Å². The van der Waals surface area contributed by atoms with Crippen LogP contribution in [0.5, 0.6) is 0 Å². The van der Waals surface area contributed by atoms with Crippen LogP contribution in [-0.2, 0) is 6.42 Å². The first-order valence-electron chi connectivity index (χ1n) is 5.65. The van der Waals surface area contributed by atoms with E-state index in [9.17, 15) is 0 Å². The number of nitrogens with zero attached hydrogens (tertiary/aromatic N) is 1. The van der Waals surface area contributed by atoms with Crippen LogP contribution in [0.2, 0.25) is 0 Å². The zero-order valence-electron chi connectivity index (χ0n) is 10.2.